The highest BCUT2D eigenvalue weighted by Crippen LogP contribution is 2.20. The summed E-state index contributed by atoms with van der Waals surface area (Å²) in [5.41, 5.74) is 6.82. The molecule has 0 saturated carbocycles. The molecule has 1 aromatic carbocycles. The van der Waals surface area contributed by atoms with Gasteiger partial charge in [-0.3, -0.25) is 0 Å². The Kier molecular flexibility index (Phi) is 3.81. The fourth-order valence-corrected chi connectivity index (χ4v) is 1.50. The Balaban J connectivity index is 2.92. The zero-order chi connectivity index (χ0) is 11.4. The number of benzene rings is 1. The van der Waals surface area contributed by atoms with Crippen LogP contribution in [-0.4, -0.2) is 0 Å². The summed E-state index contributed by atoms with van der Waals surface area (Å²) in [5, 5.41) is 8.68. The molecule has 1 rings (SSSR count). The van der Waals surface area contributed by atoms with Gasteiger partial charge in [-0.1, -0.05) is 19.9 Å². The van der Waals surface area contributed by atoms with E-state index in [4.69, 9.17) is 11.0 Å². The maximum atomic E-state index is 13.0. The molecule has 3 heteroatoms. The van der Waals surface area contributed by atoms with Crippen LogP contribution in [0.2, 0.25) is 0 Å². The van der Waals surface area contributed by atoms with Crippen molar-refractivity contribution in [2.45, 2.75) is 26.3 Å². The zero-order valence-electron chi connectivity index (χ0n) is 9.00. The number of rotatable bonds is 3. The highest BCUT2D eigenvalue weighted by molar-refractivity contribution is 5.35. The normalized spacial score (nSPS) is 12.5. The Morgan fingerprint density at radius 1 is 1.47 bits per heavy atom. The smallest absolute Gasteiger partial charge is 0.140 e. The molecular formula is C12H15FN2. The first-order valence-corrected chi connectivity index (χ1v) is 4.99. The van der Waals surface area contributed by atoms with Crippen LogP contribution >= 0.6 is 0 Å². The quantitative estimate of drug-likeness (QED) is 0.826. The fraction of sp³-hybridized carbons (Fsp3) is 0.417. The van der Waals surface area contributed by atoms with Crippen molar-refractivity contribution in [3.05, 3.63) is 35.1 Å². The molecule has 1 atom stereocenters. The average molecular weight is 206 g/mol. The van der Waals surface area contributed by atoms with E-state index in [9.17, 15) is 4.39 Å². The second-order valence-corrected chi connectivity index (χ2v) is 4.09. The van der Waals surface area contributed by atoms with Crippen molar-refractivity contribution in [3.63, 3.8) is 0 Å². The van der Waals surface area contributed by atoms with Crippen LogP contribution in [0.5, 0.6) is 0 Å². The molecule has 0 spiro atoms. The first-order chi connectivity index (χ1) is 7.04. The highest BCUT2D eigenvalue weighted by atomic mass is 19.1. The lowest BCUT2D eigenvalue weighted by Gasteiger charge is -2.14. The highest BCUT2D eigenvalue weighted by Gasteiger charge is 2.10. The Bertz CT molecular complexity index is 380. The summed E-state index contributed by atoms with van der Waals surface area (Å²) in [6.45, 7) is 4.16. The van der Waals surface area contributed by atoms with Gasteiger partial charge in [0.2, 0.25) is 0 Å². The molecule has 0 aliphatic rings. The van der Waals surface area contributed by atoms with E-state index in [2.05, 4.69) is 13.8 Å². The average Bonchev–Trinajstić information content (AvgIpc) is 2.17. The van der Waals surface area contributed by atoms with E-state index in [1.54, 1.807) is 6.07 Å². The molecule has 0 aliphatic heterocycles. The number of halogens is 1. The van der Waals surface area contributed by atoms with E-state index in [1.807, 2.05) is 6.07 Å². The van der Waals surface area contributed by atoms with E-state index < -0.39 is 5.82 Å². The van der Waals surface area contributed by atoms with Crippen molar-refractivity contribution in [2.24, 2.45) is 11.7 Å². The molecule has 1 aromatic rings. The van der Waals surface area contributed by atoms with Gasteiger partial charge >= 0.3 is 0 Å². The van der Waals surface area contributed by atoms with Crippen LogP contribution in [0.15, 0.2) is 18.2 Å². The van der Waals surface area contributed by atoms with Gasteiger partial charge in [0.15, 0.2) is 0 Å². The monoisotopic (exact) mass is 206 g/mol. The van der Waals surface area contributed by atoms with Gasteiger partial charge in [-0.25, -0.2) is 4.39 Å². The molecule has 0 amide bonds. The van der Waals surface area contributed by atoms with Crippen molar-refractivity contribution < 1.29 is 4.39 Å². The number of hydrogen-bond donors (Lipinski definition) is 1. The molecular weight excluding hydrogens is 191 g/mol. The number of hydrogen-bond acceptors (Lipinski definition) is 2. The Morgan fingerprint density at radius 3 is 2.67 bits per heavy atom. The summed E-state index contributed by atoms with van der Waals surface area (Å²) >= 11 is 0. The van der Waals surface area contributed by atoms with Crippen LogP contribution in [0.1, 0.15) is 37.4 Å². The topological polar surface area (TPSA) is 49.8 Å². The third kappa shape index (κ3) is 3.03. The molecule has 0 aromatic heterocycles. The first-order valence-electron chi connectivity index (χ1n) is 4.99. The SMILES string of the molecule is CC(C)C[C@H](N)c1ccc(F)c(C#N)c1. The van der Waals surface area contributed by atoms with Crippen LogP contribution < -0.4 is 5.73 Å². The van der Waals surface area contributed by atoms with Gasteiger partial charge in [0.25, 0.3) is 0 Å². The van der Waals surface area contributed by atoms with Crippen LogP contribution in [0.3, 0.4) is 0 Å². The van der Waals surface area contributed by atoms with Gasteiger partial charge < -0.3 is 5.73 Å². The molecule has 0 saturated heterocycles. The van der Waals surface area contributed by atoms with E-state index in [0.717, 1.165) is 12.0 Å². The predicted octanol–water partition coefficient (Wildman–Crippen LogP) is 2.74. The summed E-state index contributed by atoms with van der Waals surface area (Å²) in [4.78, 5) is 0. The zero-order valence-corrected chi connectivity index (χ0v) is 9.00. The van der Waals surface area contributed by atoms with Crippen molar-refractivity contribution in [1.82, 2.24) is 0 Å². The van der Waals surface area contributed by atoms with Gasteiger partial charge in [-0.2, -0.15) is 5.26 Å². The van der Waals surface area contributed by atoms with Gasteiger partial charge in [-0.05, 0) is 30.0 Å². The second kappa shape index (κ2) is 4.90. The lowest BCUT2D eigenvalue weighted by atomic mass is 9.96. The minimum absolute atomic E-state index is 0.0618. The Morgan fingerprint density at radius 2 is 2.13 bits per heavy atom. The maximum absolute atomic E-state index is 13.0. The second-order valence-electron chi connectivity index (χ2n) is 4.09. The molecule has 0 aliphatic carbocycles. The summed E-state index contributed by atoms with van der Waals surface area (Å²) in [6.07, 6.45) is 0.830. The maximum Gasteiger partial charge on any atom is 0.140 e. The molecule has 2 N–H and O–H groups in total. The molecule has 80 valence electrons. The number of nitrogens with two attached hydrogens (primary N) is 1. The molecule has 0 bridgehead atoms. The van der Waals surface area contributed by atoms with Crippen molar-refractivity contribution >= 4 is 0 Å². The van der Waals surface area contributed by atoms with E-state index in [0.29, 0.717) is 5.92 Å². The Hall–Kier alpha value is -1.40. The van der Waals surface area contributed by atoms with Gasteiger partial charge in [-0.15, -0.1) is 0 Å². The summed E-state index contributed by atoms with van der Waals surface area (Å²) < 4.78 is 13.0. The van der Waals surface area contributed by atoms with Crippen LogP contribution in [0, 0.1) is 23.1 Å². The number of nitriles is 1. The molecule has 2 nitrogen and oxygen atoms in total. The fourth-order valence-electron chi connectivity index (χ4n) is 1.50. The molecule has 0 radical (unpaired) electrons. The third-order valence-electron chi connectivity index (χ3n) is 2.26. The van der Waals surface area contributed by atoms with Crippen molar-refractivity contribution in [1.29, 1.82) is 5.26 Å². The molecule has 0 heterocycles. The summed E-state index contributed by atoms with van der Waals surface area (Å²) in [7, 11) is 0. The van der Waals surface area contributed by atoms with Gasteiger partial charge in [0, 0.05) is 6.04 Å². The molecule has 0 fully saturated rings. The van der Waals surface area contributed by atoms with Gasteiger partial charge in [0.1, 0.15) is 11.9 Å². The van der Waals surface area contributed by atoms with Crippen LogP contribution in [-0.2, 0) is 0 Å². The minimum atomic E-state index is -0.488. The summed E-state index contributed by atoms with van der Waals surface area (Å²) in [6, 6.07) is 6.16. The molecule has 0 unspecified atom stereocenters. The third-order valence-corrected chi connectivity index (χ3v) is 2.26. The van der Waals surface area contributed by atoms with Gasteiger partial charge in [0.05, 0.1) is 5.56 Å². The van der Waals surface area contributed by atoms with Crippen LogP contribution in [0.4, 0.5) is 4.39 Å². The van der Waals surface area contributed by atoms with E-state index in [-0.39, 0.29) is 11.6 Å². The number of nitrogens with zero attached hydrogens (tertiary/aromatic N) is 1. The Labute approximate surface area is 89.5 Å². The summed E-state index contributed by atoms with van der Waals surface area (Å²) in [5.74, 6) is -0.00594. The minimum Gasteiger partial charge on any atom is -0.324 e. The van der Waals surface area contributed by atoms with E-state index in [1.165, 1.54) is 12.1 Å². The first kappa shape index (κ1) is 11.7. The van der Waals surface area contributed by atoms with E-state index >= 15 is 0 Å². The molecule has 15 heavy (non-hydrogen) atoms. The lowest BCUT2D eigenvalue weighted by molar-refractivity contribution is 0.509. The van der Waals surface area contributed by atoms with Crippen molar-refractivity contribution in [2.75, 3.05) is 0 Å². The lowest BCUT2D eigenvalue weighted by Crippen LogP contribution is -2.13. The standard InChI is InChI=1S/C12H15FN2/c1-8(2)5-12(15)9-3-4-11(13)10(6-9)7-14/h3-4,6,8,12H,5,15H2,1-2H3/t12-/m0/s1. The van der Waals surface area contributed by atoms with Crippen molar-refractivity contribution in [3.8, 4) is 6.07 Å². The predicted molar refractivity (Wildman–Crippen MR) is 57.5 cm³/mol. The van der Waals surface area contributed by atoms with Crippen LogP contribution in [0.25, 0.3) is 0 Å². The largest absolute Gasteiger partial charge is 0.324 e.